The van der Waals surface area contributed by atoms with Crippen molar-refractivity contribution in [2.24, 2.45) is 0 Å². The Kier molecular flexibility index (Phi) is 4.97. The summed E-state index contributed by atoms with van der Waals surface area (Å²) < 4.78 is 1.41. The molecule has 104 valence electrons. The highest BCUT2D eigenvalue weighted by Crippen LogP contribution is 2.32. The molecule has 0 aliphatic rings. The largest absolute Gasteiger partial charge is 0.310 e. The van der Waals surface area contributed by atoms with Gasteiger partial charge in [0.25, 0.3) is 0 Å². The van der Waals surface area contributed by atoms with E-state index < -0.39 is 0 Å². The number of fused-ring (bicyclic) bond motifs is 1. The summed E-state index contributed by atoms with van der Waals surface area (Å²) in [6.45, 7) is 9.71. The lowest BCUT2D eigenvalue weighted by atomic mass is 10.1. The average Bonchev–Trinajstić information content (AvgIpc) is 2.74. The van der Waals surface area contributed by atoms with Crippen LogP contribution in [0, 0.1) is 0 Å². The Morgan fingerprint density at radius 1 is 1.26 bits per heavy atom. The molecule has 1 N–H and O–H groups in total. The Balaban J connectivity index is 2.34. The monoisotopic (exact) mass is 276 g/mol. The van der Waals surface area contributed by atoms with Gasteiger partial charge in [-0.2, -0.15) is 0 Å². The van der Waals surface area contributed by atoms with E-state index in [4.69, 9.17) is 0 Å². The van der Waals surface area contributed by atoms with Crippen molar-refractivity contribution in [1.29, 1.82) is 0 Å². The van der Waals surface area contributed by atoms with E-state index in [0.29, 0.717) is 6.04 Å². The van der Waals surface area contributed by atoms with Crippen LogP contribution in [-0.2, 0) is 13.1 Å². The summed E-state index contributed by atoms with van der Waals surface area (Å²) in [5.41, 5.74) is 1.50. The number of nitrogens with one attached hydrogen (secondary N) is 1. The van der Waals surface area contributed by atoms with Gasteiger partial charge < -0.3 is 10.2 Å². The number of hydrogen-bond donors (Lipinski definition) is 1. The summed E-state index contributed by atoms with van der Waals surface area (Å²) in [6, 6.07) is 9.29. The van der Waals surface area contributed by atoms with Gasteiger partial charge >= 0.3 is 0 Å². The third-order valence-electron chi connectivity index (χ3n) is 3.42. The van der Waals surface area contributed by atoms with Crippen molar-refractivity contribution in [3.8, 4) is 0 Å². The number of nitrogens with zero attached hydrogens (tertiary/aromatic N) is 1. The Bertz CT molecular complexity index is 531. The molecule has 19 heavy (non-hydrogen) atoms. The van der Waals surface area contributed by atoms with Gasteiger partial charge in [-0.15, -0.1) is 11.3 Å². The third-order valence-corrected chi connectivity index (χ3v) is 4.63. The van der Waals surface area contributed by atoms with Gasteiger partial charge in [0.1, 0.15) is 0 Å². The lowest BCUT2D eigenvalue weighted by molar-refractivity contribution is 0.346. The lowest BCUT2D eigenvalue weighted by Gasteiger charge is -2.15. The van der Waals surface area contributed by atoms with Crippen LogP contribution in [0.25, 0.3) is 10.1 Å². The van der Waals surface area contributed by atoms with Crippen LogP contribution in [-0.4, -0.2) is 24.5 Å². The minimum Gasteiger partial charge on any atom is -0.310 e. The number of hydrogen-bond acceptors (Lipinski definition) is 3. The molecule has 0 aliphatic heterocycles. The van der Waals surface area contributed by atoms with Crippen molar-refractivity contribution >= 4 is 21.4 Å². The van der Waals surface area contributed by atoms with E-state index in [9.17, 15) is 0 Å². The van der Waals surface area contributed by atoms with Crippen molar-refractivity contribution in [1.82, 2.24) is 10.2 Å². The van der Waals surface area contributed by atoms with Crippen LogP contribution in [0.2, 0.25) is 0 Å². The summed E-state index contributed by atoms with van der Waals surface area (Å²) in [5.74, 6) is 0. The number of rotatable bonds is 6. The molecule has 0 atom stereocenters. The Morgan fingerprint density at radius 2 is 2.00 bits per heavy atom. The first-order valence-electron chi connectivity index (χ1n) is 7.03. The Hall–Kier alpha value is -0.900. The van der Waals surface area contributed by atoms with E-state index in [1.54, 1.807) is 0 Å². The first-order valence-corrected chi connectivity index (χ1v) is 7.84. The van der Waals surface area contributed by atoms with Crippen LogP contribution < -0.4 is 5.32 Å². The Morgan fingerprint density at radius 3 is 2.68 bits per heavy atom. The summed E-state index contributed by atoms with van der Waals surface area (Å²) in [5, 5.41) is 4.97. The van der Waals surface area contributed by atoms with E-state index in [-0.39, 0.29) is 0 Å². The van der Waals surface area contributed by atoms with Gasteiger partial charge in [-0.05, 0) is 30.6 Å². The van der Waals surface area contributed by atoms with Crippen molar-refractivity contribution in [2.45, 2.75) is 39.9 Å². The van der Waals surface area contributed by atoms with Crippen LogP contribution in [0.15, 0.2) is 24.3 Å². The molecule has 0 saturated carbocycles. The summed E-state index contributed by atoms with van der Waals surface area (Å²) in [7, 11) is 2.19. The van der Waals surface area contributed by atoms with E-state index >= 15 is 0 Å². The highest BCUT2D eigenvalue weighted by molar-refractivity contribution is 7.19. The molecule has 0 fully saturated rings. The second kappa shape index (κ2) is 6.51. The van der Waals surface area contributed by atoms with Gasteiger partial charge in [0.15, 0.2) is 0 Å². The summed E-state index contributed by atoms with van der Waals surface area (Å²) in [4.78, 5) is 3.85. The molecule has 0 amide bonds. The molecule has 0 bridgehead atoms. The van der Waals surface area contributed by atoms with Gasteiger partial charge in [0.05, 0.1) is 0 Å². The predicted octanol–water partition coefficient (Wildman–Crippen LogP) is 3.85. The minimum atomic E-state index is 0.530. The molecular formula is C16H24N2S. The molecular weight excluding hydrogens is 252 g/mol. The first kappa shape index (κ1) is 14.5. The molecule has 0 unspecified atom stereocenters. The van der Waals surface area contributed by atoms with Gasteiger partial charge in [-0.25, -0.2) is 0 Å². The van der Waals surface area contributed by atoms with Crippen molar-refractivity contribution in [3.63, 3.8) is 0 Å². The van der Waals surface area contributed by atoms with Crippen LogP contribution >= 0.6 is 11.3 Å². The molecule has 1 aromatic carbocycles. The van der Waals surface area contributed by atoms with Crippen molar-refractivity contribution in [2.75, 3.05) is 13.6 Å². The second-order valence-corrected chi connectivity index (χ2v) is 6.50. The standard InChI is InChI=1S/C16H24N2S/c1-5-18(4)11-14-13-8-6-7-9-15(13)19-16(14)10-17-12(2)3/h6-9,12,17H,5,10-11H2,1-4H3. The van der Waals surface area contributed by atoms with Crippen LogP contribution in [0.5, 0.6) is 0 Å². The molecule has 2 aromatic rings. The average molecular weight is 276 g/mol. The van der Waals surface area contributed by atoms with Crippen molar-refractivity contribution in [3.05, 3.63) is 34.7 Å². The van der Waals surface area contributed by atoms with Crippen LogP contribution in [0.3, 0.4) is 0 Å². The molecule has 0 spiro atoms. The van der Waals surface area contributed by atoms with Crippen LogP contribution in [0.1, 0.15) is 31.2 Å². The normalized spacial score (nSPS) is 11.9. The van der Waals surface area contributed by atoms with E-state index in [0.717, 1.165) is 19.6 Å². The molecule has 2 nitrogen and oxygen atoms in total. The van der Waals surface area contributed by atoms with Gasteiger partial charge in [-0.1, -0.05) is 39.0 Å². The van der Waals surface area contributed by atoms with E-state index in [2.05, 4.69) is 62.3 Å². The maximum Gasteiger partial charge on any atom is 0.0349 e. The number of benzene rings is 1. The van der Waals surface area contributed by atoms with E-state index in [1.165, 1.54) is 20.5 Å². The fourth-order valence-electron chi connectivity index (χ4n) is 2.14. The zero-order chi connectivity index (χ0) is 13.8. The summed E-state index contributed by atoms with van der Waals surface area (Å²) >= 11 is 1.93. The fraction of sp³-hybridized carbons (Fsp3) is 0.500. The van der Waals surface area contributed by atoms with Crippen molar-refractivity contribution < 1.29 is 0 Å². The molecule has 0 aliphatic carbocycles. The molecule has 1 heterocycles. The summed E-state index contributed by atoms with van der Waals surface area (Å²) in [6.07, 6.45) is 0. The fourth-order valence-corrected chi connectivity index (χ4v) is 3.31. The third kappa shape index (κ3) is 3.56. The highest BCUT2D eigenvalue weighted by atomic mass is 32.1. The van der Waals surface area contributed by atoms with E-state index in [1.807, 2.05) is 11.3 Å². The lowest BCUT2D eigenvalue weighted by Crippen LogP contribution is -2.23. The maximum atomic E-state index is 3.55. The van der Waals surface area contributed by atoms with Gasteiger partial charge in [0.2, 0.25) is 0 Å². The van der Waals surface area contributed by atoms with Crippen LogP contribution in [0.4, 0.5) is 0 Å². The SMILES string of the molecule is CCN(C)Cc1c(CNC(C)C)sc2ccccc12. The quantitative estimate of drug-likeness (QED) is 0.862. The second-order valence-electron chi connectivity index (χ2n) is 5.37. The van der Waals surface area contributed by atoms with Gasteiger partial charge in [0, 0.05) is 28.7 Å². The Labute approximate surface area is 120 Å². The topological polar surface area (TPSA) is 15.3 Å². The molecule has 3 heteroatoms. The maximum absolute atomic E-state index is 3.55. The smallest absolute Gasteiger partial charge is 0.0349 e. The first-order chi connectivity index (χ1) is 9.11. The highest BCUT2D eigenvalue weighted by Gasteiger charge is 2.13. The molecule has 2 rings (SSSR count). The zero-order valence-electron chi connectivity index (χ0n) is 12.4. The van der Waals surface area contributed by atoms with Gasteiger partial charge in [-0.3, -0.25) is 0 Å². The number of thiophene rings is 1. The molecule has 0 radical (unpaired) electrons. The molecule has 1 aromatic heterocycles. The predicted molar refractivity (Wildman–Crippen MR) is 85.8 cm³/mol. The minimum absolute atomic E-state index is 0.530. The molecule has 0 saturated heterocycles. The zero-order valence-corrected chi connectivity index (χ0v) is 13.2.